The van der Waals surface area contributed by atoms with Crippen LogP contribution in [0.4, 0.5) is 0 Å². The van der Waals surface area contributed by atoms with Gasteiger partial charge in [0.1, 0.15) is 5.76 Å². The first-order chi connectivity index (χ1) is 10.1. The van der Waals surface area contributed by atoms with Gasteiger partial charge in [-0.25, -0.2) is 14.8 Å². The van der Waals surface area contributed by atoms with E-state index in [0.717, 1.165) is 18.5 Å². The lowest BCUT2D eigenvalue weighted by molar-refractivity contribution is 0.0698. The molecule has 0 aliphatic carbocycles. The lowest BCUT2D eigenvalue weighted by Crippen LogP contribution is -2.40. The Balaban J connectivity index is 1.79. The molecule has 1 saturated heterocycles. The van der Waals surface area contributed by atoms with E-state index in [4.69, 9.17) is 4.42 Å². The number of aromatic amines is 1. The summed E-state index contributed by atoms with van der Waals surface area (Å²) < 4.78 is 5.09. The zero-order valence-corrected chi connectivity index (χ0v) is 11.7. The largest absolute Gasteiger partial charge is 0.448 e. The number of likely N-dealkylation sites (tertiary alicyclic amines) is 1. The summed E-state index contributed by atoms with van der Waals surface area (Å²) in [5.41, 5.74) is 0.826. The molecule has 2 aromatic rings. The predicted octanol–water partition coefficient (Wildman–Crippen LogP) is 1.09. The Morgan fingerprint density at radius 3 is 3.05 bits per heavy atom. The van der Waals surface area contributed by atoms with E-state index in [1.807, 2.05) is 0 Å². The standard InChI is InChI=1S/C14H16N4O3/c1-9-12(16-8-21-9)13(19)18-6-2-3-10(7-18)11-4-5-15-14(20)17-11/h4-5,8,10H,2-3,6-7H2,1H3,(H,15,17,20)/t10-/m1/s1. The van der Waals surface area contributed by atoms with E-state index in [2.05, 4.69) is 15.0 Å². The van der Waals surface area contributed by atoms with Gasteiger partial charge >= 0.3 is 5.69 Å². The summed E-state index contributed by atoms with van der Waals surface area (Å²) in [5.74, 6) is 0.521. The van der Waals surface area contributed by atoms with Gasteiger partial charge in [-0.2, -0.15) is 0 Å². The summed E-state index contributed by atoms with van der Waals surface area (Å²) in [7, 11) is 0. The molecule has 0 saturated carbocycles. The first-order valence-corrected chi connectivity index (χ1v) is 6.89. The van der Waals surface area contributed by atoms with E-state index in [9.17, 15) is 9.59 Å². The number of amides is 1. The Kier molecular flexibility index (Phi) is 3.55. The fourth-order valence-electron chi connectivity index (χ4n) is 2.70. The van der Waals surface area contributed by atoms with Crippen LogP contribution in [0.2, 0.25) is 0 Å². The second-order valence-electron chi connectivity index (χ2n) is 5.18. The van der Waals surface area contributed by atoms with Crippen LogP contribution in [0.15, 0.2) is 27.9 Å². The van der Waals surface area contributed by atoms with Crippen molar-refractivity contribution in [1.29, 1.82) is 0 Å². The number of piperidine rings is 1. The van der Waals surface area contributed by atoms with Crippen LogP contribution in [-0.4, -0.2) is 38.8 Å². The first kappa shape index (κ1) is 13.5. The second kappa shape index (κ2) is 5.51. The molecule has 7 nitrogen and oxygen atoms in total. The van der Waals surface area contributed by atoms with Crippen molar-refractivity contribution in [3.05, 3.63) is 46.3 Å². The van der Waals surface area contributed by atoms with Crippen LogP contribution in [0.5, 0.6) is 0 Å². The van der Waals surface area contributed by atoms with Gasteiger partial charge in [0, 0.05) is 30.9 Å². The van der Waals surface area contributed by atoms with E-state index in [1.165, 1.54) is 12.6 Å². The van der Waals surface area contributed by atoms with E-state index in [-0.39, 0.29) is 17.5 Å². The number of H-pyrrole nitrogens is 1. The van der Waals surface area contributed by atoms with Crippen molar-refractivity contribution in [2.24, 2.45) is 0 Å². The molecule has 1 N–H and O–H groups in total. The average molecular weight is 288 g/mol. The smallest absolute Gasteiger partial charge is 0.345 e. The molecule has 0 bridgehead atoms. The molecule has 2 aromatic heterocycles. The fourth-order valence-corrected chi connectivity index (χ4v) is 2.70. The van der Waals surface area contributed by atoms with E-state index < -0.39 is 0 Å². The number of carbonyl (C=O) groups is 1. The summed E-state index contributed by atoms with van der Waals surface area (Å²) in [4.78, 5) is 35.9. The molecular weight excluding hydrogens is 272 g/mol. The highest BCUT2D eigenvalue weighted by Gasteiger charge is 2.28. The van der Waals surface area contributed by atoms with Crippen LogP contribution >= 0.6 is 0 Å². The maximum Gasteiger partial charge on any atom is 0.345 e. The van der Waals surface area contributed by atoms with E-state index >= 15 is 0 Å². The molecule has 1 atom stereocenters. The first-order valence-electron chi connectivity index (χ1n) is 6.89. The molecule has 0 unspecified atom stereocenters. The van der Waals surface area contributed by atoms with Gasteiger partial charge in [-0.1, -0.05) is 0 Å². The van der Waals surface area contributed by atoms with E-state index in [0.29, 0.717) is 24.5 Å². The molecule has 110 valence electrons. The van der Waals surface area contributed by atoms with Crippen molar-refractivity contribution in [3.63, 3.8) is 0 Å². The van der Waals surface area contributed by atoms with Crippen molar-refractivity contribution < 1.29 is 9.21 Å². The predicted molar refractivity (Wildman–Crippen MR) is 74.0 cm³/mol. The molecule has 1 fully saturated rings. The minimum atomic E-state index is -0.358. The molecule has 3 rings (SSSR count). The molecule has 1 aliphatic rings. The molecule has 3 heterocycles. The maximum absolute atomic E-state index is 12.4. The Morgan fingerprint density at radius 2 is 2.33 bits per heavy atom. The van der Waals surface area contributed by atoms with Crippen LogP contribution in [-0.2, 0) is 0 Å². The Labute approximate surface area is 121 Å². The normalized spacial score (nSPS) is 18.7. The number of oxazole rings is 1. The highest BCUT2D eigenvalue weighted by Crippen LogP contribution is 2.26. The molecule has 1 amide bonds. The monoisotopic (exact) mass is 288 g/mol. The van der Waals surface area contributed by atoms with Crippen molar-refractivity contribution in [2.45, 2.75) is 25.7 Å². The molecular formula is C14H16N4O3. The van der Waals surface area contributed by atoms with Crippen LogP contribution in [0.1, 0.15) is 40.7 Å². The van der Waals surface area contributed by atoms with Gasteiger partial charge in [0.2, 0.25) is 0 Å². The van der Waals surface area contributed by atoms with Crippen molar-refractivity contribution in [2.75, 3.05) is 13.1 Å². The lowest BCUT2D eigenvalue weighted by Gasteiger charge is -2.32. The summed E-state index contributed by atoms with van der Waals surface area (Å²) >= 11 is 0. The molecule has 21 heavy (non-hydrogen) atoms. The zero-order chi connectivity index (χ0) is 14.8. The maximum atomic E-state index is 12.4. The topological polar surface area (TPSA) is 92.1 Å². The van der Waals surface area contributed by atoms with Gasteiger partial charge in [-0.3, -0.25) is 4.79 Å². The lowest BCUT2D eigenvalue weighted by atomic mass is 9.94. The number of hydrogen-bond acceptors (Lipinski definition) is 5. The fraction of sp³-hybridized carbons (Fsp3) is 0.429. The summed E-state index contributed by atoms with van der Waals surface area (Å²) in [6, 6.07) is 1.79. The van der Waals surface area contributed by atoms with Crippen LogP contribution < -0.4 is 5.69 Å². The number of nitrogens with one attached hydrogen (secondary N) is 1. The number of hydrogen-bond donors (Lipinski definition) is 1. The highest BCUT2D eigenvalue weighted by molar-refractivity contribution is 5.93. The van der Waals surface area contributed by atoms with Gasteiger partial charge in [0.15, 0.2) is 12.1 Å². The summed E-state index contributed by atoms with van der Waals surface area (Å²) in [5, 5.41) is 0. The van der Waals surface area contributed by atoms with Crippen molar-refractivity contribution in [3.8, 4) is 0 Å². The van der Waals surface area contributed by atoms with Crippen molar-refractivity contribution >= 4 is 5.91 Å². The number of rotatable bonds is 2. The van der Waals surface area contributed by atoms with Gasteiger partial charge in [-0.15, -0.1) is 0 Å². The Bertz CT molecular complexity index is 706. The molecule has 0 spiro atoms. The summed E-state index contributed by atoms with van der Waals surface area (Å²) in [6.07, 6.45) is 4.60. The molecule has 1 aliphatic heterocycles. The number of carbonyl (C=O) groups excluding carboxylic acids is 1. The number of nitrogens with zero attached hydrogens (tertiary/aromatic N) is 3. The number of aromatic nitrogens is 3. The van der Waals surface area contributed by atoms with Crippen LogP contribution in [0.25, 0.3) is 0 Å². The van der Waals surface area contributed by atoms with Crippen LogP contribution in [0.3, 0.4) is 0 Å². The Hall–Kier alpha value is -2.44. The third-order valence-electron chi connectivity index (χ3n) is 3.79. The minimum absolute atomic E-state index is 0.116. The second-order valence-corrected chi connectivity index (χ2v) is 5.18. The quantitative estimate of drug-likeness (QED) is 0.893. The third kappa shape index (κ3) is 2.72. The summed E-state index contributed by atoms with van der Waals surface area (Å²) in [6.45, 7) is 2.98. The highest BCUT2D eigenvalue weighted by atomic mass is 16.3. The molecule has 0 radical (unpaired) electrons. The van der Waals surface area contributed by atoms with E-state index in [1.54, 1.807) is 17.9 Å². The van der Waals surface area contributed by atoms with Gasteiger partial charge in [0.05, 0.1) is 0 Å². The van der Waals surface area contributed by atoms with Gasteiger partial charge in [0.25, 0.3) is 5.91 Å². The van der Waals surface area contributed by atoms with Gasteiger partial charge < -0.3 is 14.3 Å². The van der Waals surface area contributed by atoms with Crippen LogP contribution in [0, 0.1) is 6.92 Å². The SMILES string of the molecule is Cc1ocnc1C(=O)N1CCC[C@@H](c2ccnc(=O)[nH]2)C1. The Morgan fingerprint density at radius 1 is 1.48 bits per heavy atom. The third-order valence-corrected chi connectivity index (χ3v) is 3.79. The zero-order valence-electron chi connectivity index (χ0n) is 11.7. The number of aryl methyl sites for hydroxylation is 1. The molecule has 7 heteroatoms. The molecule has 0 aromatic carbocycles. The average Bonchev–Trinajstić information content (AvgIpc) is 2.93. The van der Waals surface area contributed by atoms with Gasteiger partial charge in [-0.05, 0) is 25.8 Å². The van der Waals surface area contributed by atoms with Crippen molar-refractivity contribution in [1.82, 2.24) is 19.9 Å². The minimum Gasteiger partial charge on any atom is -0.448 e.